The van der Waals surface area contributed by atoms with Gasteiger partial charge in [0.25, 0.3) is 0 Å². The highest BCUT2D eigenvalue weighted by Crippen LogP contribution is 1.88. The number of nitrogens with two attached hydrogens (primary N) is 1. The topological polar surface area (TPSA) is 35.2 Å². The van der Waals surface area contributed by atoms with Crippen LogP contribution in [0.25, 0.3) is 0 Å². The van der Waals surface area contributed by atoms with Crippen LogP contribution < -0.4 is 5.73 Å². The average molecular weight is 140 g/mol. The Bertz CT molecular complexity index is 43.4. The Morgan fingerprint density at radius 2 is 2.12 bits per heavy atom. The SMILES string of the molecule is COCC(C)CN.Cl. The monoisotopic (exact) mass is 139 g/mol. The lowest BCUT2D eigenvalue weighted by Gasteiger charge is -2.03. The molecule has 1 unspecified atom stereocenters. The minimum absolute atomic E-state index is 0. The molecule has 0 heterocycles. The molecule has 0 saturated heterocycles. The molecule has 0 saturated carbocycles. The molecule has 0 radical (unpaired) electrons. The Labute approximate surface area is 56.8 Å². The maximum absolute atomic E-state index is 5.28. The summed E-state index contributed by atoms with van der Waals surface area (Å²) >= 11 is 0. The van der Waals surface area contributed by atoms with Crippen molar-refractivity contribution in [2.45, 2.75) is 6.92 Å². The van der Waals surface area contributed by atoms with Crippen molar-refractivity contribution in [3.63, 3.8) is 0 Å². The molecule has 0 aromatic heterocycles. The number of halogens is 1. The Morgan fingerprint density at radius 3 is 2.25 bits per heavy atom. The molecule has 0 amide bonds. The molecule has 0 spiro atoms. The standard InChI is InChI=1S/C5H13NO.ClH/c1-5(3-6)4-7-2;/h5H,3-4,6H2,1-2H3;1H. The predicted octanol–water partition coefficient (Wildman–Crippen LogP) is 0.649. The first-order valence-corrected chi connectivity index (χ1v) is 2.50. The highest BCUT2D eigenvalue weighted by Gasteiger charge is 1.93. The van der Waals surface area contributed by atoms with Crippen LogP contribution in [0.2, 0.25) is 0 Å². The highest BCUT2D eigenvalue weighted by atomic mass is 35.5. The fourth-order valence-electron chi connectivity index (χ4n) is 0.353. The van der Waals surface area contributed by atoms with Gasteiger partial charge in [0.15, 0.2) is 0 Å². The summed E-state index contributed by atoms with van der Waals surface area (Å²) in [6, 6.07) is 0. The molecule has 0 aromatic rings. The van der Waals surface area contributed by atoms with E-state index in [4.69, 9.17) is 10.5 Å². The molecule has 0 aliphatic rings. The minimum atomic E-state index is 0. The zero-order valence-electron chi connectivity index (χ0n) is 5.39. The van der Waals surface area contributed by atoms with Crippen molar-refractivity contribution in [1.82, 2.24) is 0 Å². The summed E-state index contributed by atoms with van der Waals surface area (Å²) in [6.45, 7) is 3.55. The molecule has 8 heavy (non-hydrogen) atoms. The van der Waals surface area contributed by atoms with Crippen molar-refractivity contribution in [2.24, 2.45) is 11.7 Å². The molecule has 0 aromatic carbocycles. The van der Waals surface area contributed by atoms with Gasteiger partial charge in [0.2, 0.25) is 0 Å². The third-order valence-corrected chi connectivity index (χ3v) is 0.854. The first-order chi connectivity index (χ1) is 3.31. The van der Waals surface area contributed by atoms with Gasteiger partial charge < -0.3 is 10.5 Å². The van der Waals surface area contributed by atoms with Gasteiger partial charge in [-0.15, -0.1) is 12.4 Å². The number of rotatable bonds is 3. The second-order valence-corrected chi connectivity index (χ2v) is 1.80. The third kappa shape index (κ3) is 6.21. The van der Waals surface area contributed by atoms with Crippen LogP contribution in [0.15, 0.2) is 0 Å². The van der Waals surface area contributed by atoms with Gasteiger partial charge in [0, 0.05) is 13.7 Å². The van der Waals surface area contributed by atoms with E-state index in [0.717, 1.165) is 6.61 Å². The van der Waals surface area contributed by atoms with Crippen molar-refractivity contribution in [2.75, 3.05) is 20.3 Å². The van der Waals surface area contributed by atoms with E-state index in [-0.39, 0.29) is 12.4 Å². The number of methoxy groups -OCH3 is 1. The van der Waals surface area contributed by atoms with Gasteiger partial charge in [-0.25, -0.2) is 0 Å². The quantitative estimate of drug-likeness (QED) is 0.623. The zero-order valence-corrected chi connectivity index (χ0v) is 6.20. The molecular formula is C5H14ClNO. The maximum atomic E-state index is 5.28. The van der Waals surface area contributed by atoms with Crippen LogP contribution in [0.1, 0.15) is 6.92 Å². The molecule has 0 aliphatic heterocycles. The van der Waals surface area contributed by atoms with Crippen LogP contribution in [0.3, 0.4) is 0 Å². The molecule has 0 bridgehead atoms. The van der Waals surface area contributed by atoms with Crippen LogP contribution >= 0.6 is 12.4 Å². The molecule has 52 valence electrons. The second-order valence-electron chi connectivity index (χ2n) is 1.80. The van der Waals surface area contributed by atoms with Gasteiger partial charge in [0.05, 0.1) is 0 Å². The summed E-state index contributed by atoms with van der Waals surface area (Å²) in [6.07, 6.45) is 0. The Kier molecular flexibility index (Phi) is 9.97. The van der Waals surface area contributed by atoms with Crippen LogP contribution in [0.5, 0.6) is 0 Å². The van der Waals surface area contributed by atoms with Gasteiger partial charge in [-0.05, 0) is 12.5 Å². The number of hydrogen-bond donors (Lipinski definition) is 1. The van der Waals surface area contributed by atoms with E-state index in [0.29, 0.717) is 12.5 Å². The molecule has 0 aliphatic carbocycles. The van der Waals surface area contributed by atoms with Gasteiger partial charge in [-0.2, -0.15) is 0 Å². The van der Waals surface area contributed by atoms with E-state index >= 15 is 0 Å². The van der Waals surface area contributed by atoms with Crippen molar-refractivity contribution < 1.29 is 4.74 Å². The lowest BCUT2D eigenvalue weighted by atomic mass is 10.2. The van der Waals surface area contributed by atoms with Crippen LogP contribution in [-0.4, -0.2) is 20.3 Å². The van der Waals surface area contributed by atoms with Crippen LogP contribution in [0, 0.1) is 5.92 Å². The van der Waals surface area contributed by atoms with Crippen molar-refractivity contribution in [3.8, 4) is 0 Å². The molecular weight excluding hydrogens is 126 g/mol. The first-order valence-electron chi connectivity index (χ1n) is 2.50. The van der Waals surface area contributed by atoms with Gasteiger partial charge in [-0.3, -0.25) is 0 Å². The van der Waals surface area contributed by atoms with Crippen LogP contribution in [-0.2, 0) is 4.74 Å². The smallest absolute Gasteiger partial charge is 0.0499 e. The molecule has 2 N–H and O–H groups in total. The van der Waals surface area contributed by atoms with E-state index in [9.17, 15) is 0 Å². The third-order valence-electron chi connectivity index (χ3n) is 0.854. The normalized spacial score (nSPS) is 12.4. The van der Waals surface area contributed by atoms with Gasteiger partial charge in [0.1, 0.15) is 0 Å². The summed E-state index contributed by atoms with van der Waals surface area (Å²) in [5.74, 6) is 0.505. The summed E-state index contributed by atoms with van der Waals surface area (Å²) in [5.41, 5.74) is 5.28. The summed E-state index contributed by atoms with van der Waals surface area (Å²) < 4.78 is 4.81. The molecule has 2 nitrogen and oxygen atoms in total. The largest absolute Gasteiger partial charge is 0.384 e. The number of hydrogen-bond acceptors (Lipinski definition) is 2. The number of ether oxygens (including phenoxy) is 1. The molecule has 3 heteroatoms. The fraction of sp³-hybridized carbons (Fsp3) is 1.00. The Hall–Kier alpha value is 0.210. The van der Waals surface area contributed by atoms with Crippen molar-refractivity contribution >= 4 is 12.4 Å². The van der Waals surface area contributed by atoms with Crippen molar-refractivity contribution in [1.29, 1.82) is 0 Å². The van der Waals surface area contributed by atoms with Gasteiger partial charge in [-0.1, -0.05) is 6.92 Å². The Balaban J connectivity index is 0. The molecule has 1 atom stereocenters. The summed E-state index contributed by atoms with van der Waals surface area (Å²) in [5, 5.41) is 0. The van der Waals surface area contributed by atoms with E-state index in [2.05, 4.69) is 6.92 Å². The predicted molar refractivity (Wildman–Crippen MR) is 37.3 cm³/mol. The van der Waals surface area contributed by atoms with Crippen LogP contribution in [0.4, 0.5) is 0 Å². The highest BCUT2D eigenvalue weighted by molar-refractivity contribution is 5.85. The summed E-state index contributed by atoms with van der Waals surface area (Å²) in [7, 11) is 1.69. The first kappa shape index (κ1) is 11.1. The Morgan fingerprint density at radius 1 is 1.62 bits per heavy atom. The van der Waals surface area contributed by atoms with Gasteiger partial charge >= 0.3 is 0 Å². The lowest BCUT2D eigenvalue weighted by molar-refractivity contribution is 0.162. The molecule has 0 rings (SSSR count). The minimum Gasteiger partial charge on any atom is -0.384 e. The fourth-order valence-corrected chi connectivity index (χ4v) is 0.353. The average Bonchev–Trinajstić information content (AvgIpc) is 1.68. The van der Waals surface area contributed by atoms with E-state index < -0.39 is 0 Å². The van der Waals surface area contributed by atoms with E-state index in [1.807, 2.05) is 0 Å². The lowest BCUT2D eigenvalue weighted by Crippen LogP contribution is -2.15. The summed E-state index contributed by atoms with van der Waals surface area (Å²) in [4.78, 5) is 0. The molecule has 0 fully saturated rings. The van der Waals surface area contributed by atoms with E-state index in [1.165, 1.54) is 0 Å². The maximum Gasteiger partial charge on any atom is 0.0499 e. The van der Waals surface area contributed by atoms with E-state index in [1.54, 1.807) is 7.11 Å². The second kappa shape index (κ2) is 7.21. The zero-order chi connectivity index (χ0) is 5.70. The van der Waals surface area contributed by atoms with Crippen molar-refractivity contribution in [3.05, 3.63) is 0 Å².